The minimum Gasteiger partial charge on any atom is -0.505 e. The van der Waals surface area contributed by atoms with Gasteiger partial charge in [0.15, 0.2) is 10.1 Å². The van der Waals surface area contributed by atoms with Gasteiger partial charge in [-0.15, -0.1) is 10.2 Å². The van der Waals surface area contributed by atoms with Crippen LogP contribution >= 0.6 is 23.1 Å². The first kappa shape index (κ1) is 28.8. The molecule has 5 aromatic rings. The van der Waals surface area contributed by atoms with Gasteiger partial charge in [-0.2, -0.15) is 0 Å². The van der Waals surface area contributed by atoms with Crippen molar-refractivity contribution in [1.29, 1.82) is 0 Å². The van der Waals surface area contributed by atoms with E-state index in [0.29, 0.717) is 32.7 Å². The Hall–Kier alpha value is -4.35. The van der Waals surface area contributed by atoms with Crippen LogP contribution in [0.25, 0.3) is 11.4 Å². The topological polar surface area (TPSA) is 101 Å². The number of carbonyl (C=O) groups is 2. The standard InChI is InChI=1S/C32H28FN5O3S2/c1-18-25(37-16-6-5-7-23(37)34-18)27(39)24-26(20-10-12-21(13-11-20)32(2,3)4)38(29(41)28(24)40)30-35-36-31(43-30)42-17-19-8-14-22(33)15-9-19/h5-16,26,39H,17H2,1-4H3. The number of aryl methyl sites for hydroxylation is 1. The number of aliphatic hydroxyl groups excluding tert-OH is 1. The number of nitrogens with zero attached hydrogens (tertiary/aromatic N) is 5. The second-order valence-corrected chi connectivity index (χ2v) is 13.5. The molecule has 4 heterocycles. The van der Waals surface area contributed by atoms with Gasteiger partial charge in [0.05, 0.1) is 17.3 Å². The predicted octanol–water partition coefficient (Wildman–Crippen LogP) is 6.85. The number of thioether (sulfide) groups is 1. The molecule has 1 unspecified atom stereocenters. The van der Waals surface area contributed by atoms with Crippen LogP contribution in [-0.4, -0.2) is 36.4 Å². The number of hydrogen-bond donors (Lipinski definition) is 1. The van der Waals surface area contributed by atoms with E-state index in [0.717, 1.165) is 11.1 Å². The van der Waals surface area contributed by atoms with Crippen LogP contribution in [0.15, 0.2) is 82.8 Å². The molecule has 3 aromatic heterocycles. The molecule has 0 bridgehead atoms. The number of halogens is 1. The zero-order valence-corrected chi connectivity index (χ0v) is 25.5. The van der Waals surface area contributed by atoms with Gasteiger partial charge in [-0.3, -0.25) is 18.9 Å². The summed E-state index contributed by atoms with van der Waals surface area (Å²) in [5, 5.41) is 20.5. The van der Waals surface area contributed by atoms with Crippen molar-refractivity contribution in [3.63, 3.8) is 0 Å². The van der Waals surface area contributed by atoms with E-state index in [1.165, 1.54) is 40.1 Å². The largest absolute Gasteiger partial charge is 0.505 e. The molecule has 218 valence electrons. The van der Waals surface area contributed by atoms with Gasteiger partial charge in [0.25, 0.3) is 5.78 Å². The predicted molar refractivity (Wildman–Crippen MR) is 166 cm³/mol. The lowest BCUT2D eigenvalue weighted by molar-refractivity contribution is -0.132. The molecular weight excluding hydrogens is 586 g/mol. The minimum absolute atomic E-state index is 0.0435. The lowest BCUT2D eigenvalue weighted by atomic mass is 9.85. The van der Waals surface area contributed by atoms with Gasteiger partial charge >= 0.3 is 5.91 Å². The smallest absolute Gasteiger partial charge is 0.301 e. The van der Waals surface area contributed by atoms with Crippen LogP contribution in [0.1, 0.15) is 54.9 Å². The number of hydrogen-bond acceptors (Lipinski definition) is 8. The number of Topliss-reactive ketones (excluding diaryl/α,β-unsaturated/α-hetero) is 1. The molecule has 8 nitrogen and oxygen atoms in total. The monoisotopic (exact) mass is 613 g/mol. The van der Waals surface area contributed by atoms with Crippen LogP contribution < -0.4 is 4.90 Å². The summed E-state index contributed by atoms with van der Waals surface area (Å²) < 4.78 is 15.6. The van der Waals surface area contributed by atoms with E-state index in [2.05, 4.69) is 36.0 Å². The van der Waals surface area contributed by atoms with Crippen molar-refractivity contribution in [2.75, 3.05) is 4.90 Å². The van der Waals surface area contributed by atoms with E-state index in [-0.39, 0.29) is 27.7 Å². The molecular formula is C32H28FN5O3S2. The van der Waals surface area contributed by atoms with Crippen molar-refractivity contribution in [3.8, 4) is 0 Å². The molecule has 1 saturated heterocycles. The highest BCUT2D eigenvalue weighted by Gasteiger charge is 2.49. The number of benzene rings is 2. The van der Waals surface area contributed by atoms with Crippen molar-refractivity contribution in [2.24, 2.45) is 0 Å². The number of anilines is 1. The molecule has 0 spiro atoms. The molecule has 43 heavy (non-hydrogen) atoms. The van der Waals surface area contributed by atoms with Gasteiger partial charge < -0.3 is 5.11 Å². The molecule has 2 aromatic carbocycles. The molecule has 6 rings (SSSR count). The number of pyridine rings is 1. The molecule has 1 atom stereocenters. The second kappa shape index (κ2) is 11.1. The third-order valence-electron chi connectivity index (χ3n) is 7.34. The number of aromatic nitrogens is 4. The molecule has 1 amide bonds. The van der Waals surface area contributed by atoms with E-state index in [9.17, 15) is 19.1 Å². The van der Waals surface area contributed by atoms with E-state index >= 15 is 0 Å². The zero-order valence-electron chi connectivity index (χ0n) is 23.9. The maximum Gasteiger partial charge on any atom is 0.301 e. The molecule has 1 fully saturated rings. The number of imidazole rings is 1. The number of carbonyl (C=O) groups excluding carboxylic acids is 2. The van der Waals surface area contributed by atoms with Crippen molar-refractivity contribution >= 4 is 51.3 Å². The number of fused-ring (bicyclic) bond motifs is 1. The Morgan fingerprint density at radius 2 is 1.74 bits per heavy atom. The number of amides is 1. The van der Waals surface area contributed by atoms with Gasteiger partial charge in [-0.1, -0.05) is 86.3 Å². The van der Waals surface area contributed by atoms with Crippen molar-refractivity contribution in [3.05, 3.63) is 112 Å². The van der Waals surface area contributed by atoms with Crippen molar-refractivity contribution < 1.29 is 19.1 Å². The Labute approximate surface area is 255 Å². The fraction of sp³-hybridized carbons (Fsp3) is 0.219. The quantitative estimate of drug-likeness (QED) is 0.0735. The zero-order chi connectivity index (χ0) is 30.5. The number of aliphatic hydroxyl groups is 1. The first-order valence-electron chi connectivity index (χ1n) is 13.6. The summed E-state index contributed by atoms with van der Waals surface area (Å²) >= 11 is 2.58. The average Bonchev–Trinajstić information content (AvgIpc) is 3.65. The van der Waals surface area contributed by atoms with Gasteiger partial charge in [-0.05, 0) is 53.3 Å². The Morgan fingerprint density at radius 1 is 1.02 bits per heavy atom. The first-order chi connectivity index (χ1) is 20.5. The van der Waals surface area contributed by atoms with Crippen LogP contribution in [0.4, 0.5) is 9.52 Å². The summed E-state index contributed by atoms with van der Waals surface area (Å²) in [6.07, 6.45) is 1.75. The highest BCUT2D eigenvalue weighted by Crippen LogP contribution is 2.44. The SMILES string of the molecule is Cc1nc2ccccn2c1C(O)=C1C(=O)C(=O)N(c2nnc(SCc3ccc(F)cc3)s2)C1c1ccc(C(C)(C)C)cc1. The fourth-order valence-corrected chi connectivity index (χ4v) is 6.94. The molecule has 0 aliphatic carbocycles. The Bertz CT molecular complexity index is 1890. The van der Waals surface area contributed by atoms with E-state index < -0.39 is 17.7 Å². The van der Waals surface area contributed by atoms with Gasteiger partial charge in [-0.25, -0.2) is 9.37 Å². The average molecular weight is 614 g/mol. The molecule has 1 aliphatic heterocycles. The Balaban J connectivity index is 1.44. The highest BCUT2D eigenvalue weighted by atomic mass is 32.2. The highest BCUT2D eigenvalue weighted by molar-refractivity contribution is 8.00. The lowest BCUT2D eigenvalue weighted by Gasteiger charge is -2.24. The van der Waals surface area contributed by atoms with Crippen molar-refractivity contribution in [2.45, 2.75) is 49.2 Å². The number of rotatable bonds is 6. The third-order valence-corrected chi connectivity index (χ3v) is 9.47. The molecule has 1 N–H and O–H groups in total. The van der Waals surface area contributed by atoms with Gasteiger partial charge in [0, 0.05) is 11.9 Å². The molecule has 11 heteroatoms. The maximum atomic E-state index is 13.7. The van der Waals surface area contributed by atoms with E-state index in [1.54, 1.807) is 41.8 Å². The van der Waals surface area contributed by atoms with Gasteiger partial charge in [0.2, 0.25) is 5.13 Å². The number of ketones is 1. The lowest BCUT2D eigenvalue weighted by Crippen LogP contribution is -2.29. The Kier molecular flexibility index (Phi) is 7.39. The van der Waals surface area contributed by atoms with Crippen LogP contribution in [0.2, 0.25) is 0 Å². The van der Waals surface area contributed by atoms with Crippen molar-refractivity contribution in [1.82, 2.24) is 19.6 Å². The van der Waals surface area contributed by atoms with Crippen LogP contribution in [-0.2, 0) is 20.8 Å². The summed E-state index contributed by atoms with van der Waals surface area (Å²) in [6.45, 7) is 8.07. The Morgan fingerprint density at radius 3 is 2.44 bits per heavy atom. The molecule has 1 aliphatic rings. The molecule has 0 saturated carbocycles. The molecule has 0 radical (unpaired) electrons. The van der Waals surface area contributed by atoms with Crippen LogP contribution in [0.5, 0.6) is 0 Å². The normalized spacial score (nSPS) is 16.9. The third kappa shape index (κ3) is 5.34. The van der Waals surface area contributed by atoms with E-state index in [4.69, 9.17) is 0 Å². The minimum atomic E-state index is -0.939. The summed E-state index contributed by atoms with van der Waals surface area (Å²) in [4.78, 5) is 33.2. The summed E-state index contributed by atoms with van der Waals surface area (Å²) in [5.74, 6) is -1.71. The van der Waals surface area contributed by atoms with Crippen LogP contribution in [0.3, 0.4) is 0 Å². The fourth-order valence-electron chi connectivity index (χ4n) is 5.12. The first-order valence-corrected chi connectivity index (χ1v) is 15.4. The van der Waals surface area contributed by atoms with Crippen LogP contribution in [0, 0.1) is 12.7 Å². The summed E-state index contributed by atoms with van der Waals surface area (Å²) in [5.41, 5.74) is 3.96. The maximum absolute atomic E-state index is 13.7. The van der Waals surface area contributed by atoms with E-state index in [1.807, 2.05) is 30.3 Å². The summed E-state index contributed by atoms with van der Waals surface area (Å²) in [7, 11) is 0. The second-order valence-electron chi connectivity index (χ2n) is 11.3. The van der Waals surface area contributed by atoms with Gasteiger partial charge in [0.1, 0.15) is 17.2 Å². The summed E-state index contributed by atoms with van der Waals surface area (Å²) in [6, 6.07) is 18.4.